The fourth-order valence-electron chi connectivity index (χ4n) is 4.05. The van der Waals surface area contributed by atoms with Crippen molar-refractivity contribution in [1.29, 1.82) is 0 Å². The van der Waals surface area contributed by atoms with Gasteiger partial charge in [-0.3, -0.25) is 19.4 Å². The van der Waals surface area contributed by atoms with E-state index >= 15 is 0 Å². The normalized spacial score (nSPS) is 14.9. The Bertz CT molecular complexity index is 1510. The number of nitrogens with zero attached hydrogens (tertiary/aromatic N) is 4. The van der Waals surface area contributed by atoms with E-state index in [0.29, 0.717) is 27.6 Å². The molecular weight excluding hydrogens is 528 g/mol. The van der Waals surface area contributed by atoms with Gasteiger partial charge in [0.2, 0.25) is 5.91 Å². The molecule has 1 atom stereocenters. The standard InChI is InChI=1S/C26H21ClN6O4S/c1-37-17-12-22(32-29-13-17)31-24(34)18-6-5-15(10-19(18)27)14-33-21(11-16-4-2-3-8-28-16)25(35)30-20-7-9-38-23(20)26(33)36/h2-10,12-13,21H,11,14H2,1H3,(H,30,35)(H,31,32,34)/t21-/m1/s1. The summed E-state index contributed by atoms with van der Waals surface area (Å²) in [6, 6.07) is 12.8. The van der Waals surface area contributed by atoms with Gasteiger partial charge >= 0.3 is 0 Å². The van der Waals surface area contributed by atoms with Crippen molar-refractivity contribution in [3.05, 3.63) is 93.0 Å². The second-order valence-electron chi connectivity index (χ2n) is 8.38. The Morgan fingerprint density at radius 3 is 2.84 bits per heavy atom. The van der Waals surface area contributed by atoms with Crippen LogP contribution in [-0.2, 0) is 17.8 Å². The maximum Gasteiger partial charge on any atom is 0.267 e. The number of halogens is 1. The highest BCUT2D eigenvalue weighted by molar-refractivity contribution is 7.12. The summed E-state index contributed by atoms with van der Waals surface area (Å²) in [6.07, 6.45) is 3.30. The number of pyridine rings is 1. The molecule has 0 spiro atoms. The zero-order chi connectivity index (χ0) is 26.6. The lowest BCUT2D eigenvalue weighted by atomic mass is 10.1. The molecule has 0 aliphatic carbocycles. The Morgan fingerprint density at radius 1 is 1.21 bits per heavy atom. The molecule has 192 valence electrons. The topological polar surface area (TPSA) is 126 Å². The number of amides is 3. The lowest BCUT2D eigenvalue weighted by molar-refractivity contribution is -0.120. The van der Waals surface area contributed by atoms with Crippen molar-refractivity contribution >= 4 is 52.2 Å². The van der Waals surface area contributed by atoms with Crippen molar-refractivity contribution < 1.29 is 19.1 Å². The Balaban J connectivity index is 1.40. The van der Waals surface area contributed by atoms with Crippen molar-refractivity contribution in [2.45, 2.75) is 19.0 Å². The first kappa shape index (κ1) is 25.3. The average Bonchev–Trinajstić information content (AvgIpc) is 3.36. The average molecular weight is 549 g/mol. The summed E-state index contributed by atoms with van der Waals surface area (Å²) in [6.45, 7) is 0.101. The number of hydrogen-bond donors (Lipinski definition) is 2. The lowest BCUT2D eigenvalue weighted by Gasteiger charge is -2.28. The number of thiophene rings is 1. The Morgan fingerprint density at radius 2 is 2.08 bits per heavy atom. The number of anilines is 2. The molecule has 4 aromatic rings. The summed E-state index contributed by atoms with van der Waals surface area (Å²) in [5.74, 6) is -0.408. The van der Waals surface area contributed by atoms with Gasteiger partial charge in [-0.2, -0.15) is 5.10 Å². The molecule has 0 saturated heterocycles. The maximum absolute atomic E-state index is 13.6. The SMILES string of the molecule is COc1cnnc(NC(=O)c2ccc(CN3C(=O)c4sccc4NC(=O)[C@H]3Cc3ccccn3)cc2Cl)c1. The fourth-order valence-corrected chi connectivity index (χ4v) is 5.14. The molecule has 0 saturated carbocycles. The van der Waals surface area contributed by atoms with E-state index in [1.54, 1.807) is 41.9 Å². The highest BCUT2D eigenvalue weighted by Crippen LogP contribution is 2.31. The van der Waals surface area contributed by atoms with E-state index in [-0.39, 0.29) is 41.2 Å². The molecule has 0 bridgehead atoms. The summed E-state index contributed by atoms with van der Waals surface area (Å²) >= 11 is 7.75. The second-order valence-corrected chi connectivity index (χ2v) is 9.70. The van der Waals surface area contributed by atoms with Gasteiger partial charge in [-0.15, -0.1) is 16.4 Å². The number of carbonyl (C=O) groups excluding carboxylic acids is 3. The Hall–Kier alpha value is -4.35. The number of carbonyl (C=O) groups is 3. The van der Waals surface area contributed by atoms with Crippen LogP contribution in [0.4, 0.5) is 11.5 Å². The molecule has 0 unspecified atom stereocenters. The van der Waals surface area contributed by atoms with Gasteiger partial charge in [0.1, 0.15) is 16.7 Å². The van der Waals surface area contributed by atoms with Gasteiger partial charge < -0.3 is 20.3 Å². The Kier molecular flexibility index (Phi) is 7.29. The number of rotatable bonds is 7. The predicted octanol–water partition coefficient (Wildman–Crippen LogP) is 4.05. The lowest BCUT2D eigenvalue weighted by Crippen LogP contribution is -2.46. The fraction of sp³-hybridized carbons (Fsp3) is 0.154. The van der Waals surface area contributed by atoms with Gasteiger partial charge in [0, 0.05) is 30.9 Å². The highest BCUT2D eigenvalue weighted by Gasteiger charge is 2.36. The first-order chi connectivity index (χ1) is 18.4. The first-order valence-electron chi connectivity index (χ1n) is 11.5. The molecule has 1 aliphatic heterocycles. The first-order valence-corrected chi connectivity index (χ1v) is 12.7. The molecule has 1 aromatic carbocycles. The largest absolute Gasteiger partial charge is 0.495 e. The van der Waals surface area contributed by atoms with Crippen LogP contribution < -0.4 is 15.4 Å². The molecule has 3 amide bonds. The summed E-state index contributed by atoms with van der Waals surface area (Å²) < 4.78 is 5.10. The molecule has 10 nitrogen and oxygen atoms in total. The molecule has 4 heterocycles. The molecule has 2 N–H and O–H groups in total. The van der Waals surface area contributed by atoms with Crippen molar-refractivity contribution in [3.8, 4) is 5.75 Å². The molecule has 5 rings (SSSR count). The number of hydrogen-bond acceptors (Lipinski definition) is 8. The van der Waals surface area contributed by atoms with Crippen LogP contribution in [-0.4, -0.2) is 51.0 Å². The highest BCUT2D eigenvalue weighted by atomic mass is 35.5. The minimum absolute atomic E-state index is 0.101. The van der Waals surface area contributed by atoms with Crippen molar-refractivity contribution in [1.82, 2.24) is 20.1 Å². The predicted molar refractivity (Wildman–Crippen MR) is 143 cm³/mol. The van der Waals surface area contributed by atoms with Crippen LogP contribution in [0.2, 0.25) is 5.02 Å². The molecule has 3 aromatic heterocycles. The number of ether oxygens (including phenoxy) is 1. The third kappa shape index (κ3) is 5.34. The molecule has 0 radical (unpaired) electrons. The number of aromatic nitrogens is 3. The summed E-state index contributed by atoms with van der Waals surface area (Å²) in [7, 11) is 1.48. The minimum Gasteiger partial charge on any atom is -0.495 e. The van der Waals surface area contributed by atoms with Gasteiger partial charge in [0.05, 0.1) is 29.6 Å². The Labute approximate surface area is 226 Å². The second kappa shape index (κ2) is 11.0. The van der Waals surface area contributed by atoms with E-state index in [4.69, 9.17) is 16.3 Å². The van der Waals surface area contributed by atoms with Gasteiger partial charge in [-0.1, -0.05) is 23.7 Å². The third-order valence-corrected chi connectivity index (χ3v) is 7.14. The van der Waals surface area contributed by atoms with Crippen molar-refractivity contribution in [2.75, 3.05) is 17.7 Å². The van der Waals surface area contributed by atoms with Crippen LogP contribution in [0, 0.1) is 0 Å². The smallest absolute Gasteiger partial charge is 0.267 e. The van der Waals surface area contributed by atoms with E-state index in [1.165, 1.54) is 35.6 Å². The maximum atomic E-state index is 13.6. The van der Waals surface area contributed by atoms with Gasteiger partial charge in [-0.05, 0) is 41.3 Å². The number of fused-ring (bicyclic) bond motifs is 1. The van der Waals surface area contributed by atoms with Crippen LogP contribution in [0.1, 0.15) is 31.3 Å². The van der Waals surface area contributed by atoms with Crippen LogP contribution in [0.15, 0.2) is 66.3 Å². The van der Waals surface area contributed by atoms with E-state index in [1.807, 2.05) is 12.1 Å². The van der Waals surface area contributed by atoms with Gasteiger partial charge in [0.15, 0.2) is 5.82 Å². The minimum atomic E-state index is -0.801. The zero-order valence-electron chi connectivity index (χ0n) is 20.1. The molecular formula is C26H21ClN6O4S. The zero-order valence-corrected chi connectivity index (χ0v) is 21.6. The molecule has 38 heavy (non-hydrogen) atoms. The van der Waals surface area contributed by atoms with Crippen LogP contribution >= 0.6 is 22.9 Å². The van der Waals surface area contributed by atoms with Crippen molar-refractivity contribution in [3.63, 3.8) is 0 Å². The van der Waals surface area contributed by atoms with Crippen LogP contribution in [0.5, 0.6) is 5.75 Å². The number of methoxy groups -OCH3 is 1. The molecule has 12 heteroatoms. The number of benzene rings is 1. The van der Waals surface area contributed by atoms with Crippen LogP contribution in [0.25, 0.3) is 0 Å². The van der Waals surface area contributed by atoms with E-state index < -0.39 is 11.9 Å². The molecule has 0 fully saturated rings. The monoisotopic (exact) mass is 548 g/mol. The van der Waals surface area contributed by atoms with Gasteiger partial charge in [-0.25, -0.2) is 0 Å². The van der Waals surface area contributed by atoms with Gasteiger partial charge in [0.25, 0.3) is 11.8 Å². The molecule has 1 aliphatic rings. The van der Waals surface area contributed by atoms with E-state index in [0.717, 1.165) is 0 Å². The number of nitrogens with one attached hydrogen (secondary N) is 2. The summed E-state index contributed by atoms with van der Waals surface area (Å²) in [4.78, 5) is 45.9. The van der Waals surface area contributed by atoms with E-state index in [2.05, 4.69) is 25.8 Å². The third-order valence-electron chi connectivity index (χ3n) is 5.92. The van der Waals surface area contributed by atoms with Crippen LogP contribution in [0.3, 0.4) is 0 Å². The quantitative estimate of drug-likeness (QED) is 0.357. The van der Waals surface area contributed by atoms with E-state index in [9.17, 15) is 14.4 Å². The summed E-state index contributed by atoms with van der Waals surface area (Å²) in [5, 5.41) is 15.1. The van der Waals surface area contributed by atoms with Crippen molar-refractivity contribution in [2.24, 2.45) is 0 Å². The summed E-state index contributed by atoms with van der Waals surface area (Å²) in [5.41, 5.74) is 2.04.